The number of hydrogen-bond acceptors (Lipinski definition) is 16. The average molecular weight is 947 g/mol. The van der Waals surface area contributed by atoms with Gasteiger partial charge in [0.05, 0.1) is 44.8 Å². The van der Waals surface area contributed by atoms with Gasteiger partial charge in [-0.25, -0.2) is 4.79 Å². The summed E-state index contributed by atoms with van der Waals surface area (Å²) in [6.07, 6.45) is -0.120. The monoisotopic (exact) mass is 946 g/mol. The van der Waals surface area contributed by atoms with Gasteiger partial charge in [-0.05, 0) is 50.9 Å². The normalized spacial score (nSPS) is 12.5. The fraction of sp³-hybridized carbons (Fsp3) is 0.579. The molecule has 3 unspecified atom stereocenters. The number of amides is 4. The van der Waals surface area contributed by atoms with Crippen LogP contribution in [0.2, 0.25) is 0 Å². The molecule has 0 bridgehead atoms. The fourth-order valence-electron chi connectivity index (χ4n) is 5.99. The van der Waals surface area contributed by atoms with Gasteiger partial charge in [0.15, 0.2) is 5.78 Å². The smallest absolute Gasteiger partial charge is 0.319 e. The number of rotatable bonds is 36. The SMILES string of the molecule is CNC(CCC(=O)O)C(=O)NC(CCC(=O)NCCSSCCNC(=O)Nc1ccc(CC(CN(CCN(CC(=O)O)CC(=O)O)CC(=O)O)N(CC(=O)O)CC(=O)O)cc1)C(C)=O. The summed E-state index contributed by atoms with van der Waals surface area (Å²) in [4.78, 5) is 122. The summed E-state index contributed by atoms with van der Waals surface area (Å²) >= 11 is 0. The predicted molar refractivity (Wildman–Crippen MR) is 233 cm³/mol. The summed E-state index contributed by atoms with van der Waals surface area (Å²) in [5.74, 6) is -7.76. The zero-order valence-electron chi connectivity index (χ0n) is 35.5. The highest BCUT2D eigenvalue weighted by molar-refractivity contribution is 8.76. The maximum absolute atomic E-state index is 12.5. The maximum Gasteiger partial charge on any atom is 0.319 e. The fourth-order valence-corrected chi connectivity index (χ4v) is 7.80. The van der Waals surface area contributed by atoms with Crippen LogP contribution in [-0.2, 0) is 49.6 Å². The Morgan fingerprint density at radius 1 is 0.625 bits per heavy atom. The Labute approximate surface area is 376 Å². The standard InChI is InChI=1S/C38H58N8O16S2/c1-24(47)28(43-37(61)29(39-2)8-10-31(49)50)7-9-30(48)40-11-15-63-64-16-12-41-38(62)42-26-5-3-25(4-6-26)17-27(46(22-35(57)58)23-36(59)60)18-44(19-32(51)52)13-14-45(20-33(53)54)21-34(55)56/h3-6,27-29,39H,7-23H2,1-2H3,(H,40,48)(H,43,61)(H,49,50)(H,51,52)(H,53,54)(H,55,56)(H,57,58)(H,59,60)(H2,41,42,62). The summed E-state index contributed by atoms with van der Waals surface area (Å²) < 4.78 is 0. The Morgan fingerprint density at radius 2 is 1.12 bits per heavy atom. The lowest BCUT2D eigenvalue weighted by Gasteiger charge is -2.34. The lowest BCUT2D eigenvalue weighted by molar-refractivity contribution is -0.144. The van der Waals surface area contributed by atoms with Crippen molar-refractivity contribution in [3.63, 3.8) is 0 Å². The van der Waals surface area contributed by atoms with E-state index < -0.39 is 98.6 Å². The molecule has 3 atom stereocenters. The number of nitrogens with one attached hydrogen (secondary N) is 5. The minimum Gasteiger partial charge on any atom is -0.481 e. The Hall–Kier alpha value is -5.54. The van der Waals surface area contributed by atoms with E-state index in [1.54, 1.807) is 24.3 Å². The highest BCUT2D eigenvalue weighted by Gasteiger charge is 2.28. The molecule has 0 aliphatic rings. The van der Waals surface area contributed by atoms with Crippen LogP contribution in [-0.4, -0.2) is 207 Å². The number of carbonyl (C=O) groups is 10. The van der Waals surface area contributed by atoms with Crippen molar-refractivity contribution in [2.24, 2.45) is 0 Å². The van der Waals surface area contributed by atoms with Gasteiger partial charge in [-0.15, -0.1) is 0 Å². The molecule has 0 saturated heterocycles. The second-order valence-corrected chi connectivity index (χ2v) is 16.9. The summed E-state index contributed by atoms with van der Waals surface area (Å²) in [6.45, 7) is -1.87. The Morgan fingerprint density at radius 3 is 1.62 bits per heavy atom. The van der Waals surface area contributed by atoms with Crippen molar-refractivity contribution in [2.45, 2.75) is 57.2 Å². The number of urea groups is 1. The molecule has 11 N–H and O–H groups in total. The first-order valence-electron chi connectivity index (χ1n) is 19.8. The van der Waals surface area contributed by atoms with Crippen LogP contribution in [0.25, 0.3) is 0 Å². The van der Waals surface area contributed by atoms with E-state index in [9.17, 15) is 73.5 Å². The van der Waals surface area contributed by atoms with Crippen LogP contribution in [0.15, 0.2) is 24.3 Å². The number of carbonyl (C=O) groups excluding carboxylic acids is 4. The van der Waals surface area contributed by atoms with E-state index in [4.69, 9.17) is 5.11 Å². The molecule has 4 amide bonds. The number of ketones is 1. The van der Waals surface area contributed by atoms with Gasteiger partial charge < -0.3 is 57.2 Å². The molecule has 358 valence electrons. The molecule has 0 aliphatic heterocycles. The van der Waals surface area contributed by atoms with Gasteiger partial charge in [0, 0.05) is 68.8 Å². The molecule has 0 radical (unpaired) electrons. The van der Waals surface area contributed by atoms with E-state index in [0.717, 1.165) is 9.80 Å². The van der Waals surface area contributed by atoms with Crippen LogP contribution in [0.1, 0.15) is 38.2 Å². The highest BCUT2D eigenvalue weighted by Crippen LogP contribution is 2.20. The maximum atomic E-state index is 12.5. The molecule has 0 saturated carbocycles. The number of carboxylic acid groups (broad SMARTS) is 6. The number of hydrogen-bond donors (Lipinski definition) is 11. The average Bonchev–Trinajstić information content (AvgIpc) is 3.18. The van der Waals surface area contributed by atoms with Gasteiger partial charge in [-0.1, -0.05) is 33.7 Å². The first kappa shape index (κ1) is 56.5. The lowest BCUT2D eigenvalue weighted by Crippen LogP contribution is -2.51. The highest BCUT2D eigenvalue weighted by atomic mass is 33.1. The third kappa shape index (κ3) is 26.8. The number of likely N-dealkylation sites (N-methyl/N-ethyl adjacent to an activating group) is 1. The Bertz CT molecular complexity index is 1710. The van der Waals surface area contributed by atoms with E-state index in [2.05, 4.69) is 26.6 Å². The van der Waals surface area contributed by atoms with Gasteiger partial charge in [-0.3, -0.25) is 57.9 Å². The van der Waals surface area contributed by atoms with Gasteiger partial charge in [0.1, 0.15) is 0 Å². The van der Waals surface area contributed by atoms with Crippen LogP contribution >= 0.6 is 21.6 Å². The molecule has 64 heavy (non-hydrogen) atoms. The van der Waals surface area contributed by atoms with Crippen LogP contribution in [0.4, 0.5) is 10.5 Å². The second-order valence-electron chi connectivity index (χ2n) is 14.2. The zero-order chi connectivity index (χ0) is 48.2. The number of aliphatic carboxylic acids is 6. The minimum atomic E-state index is -1.34. The van der Waals surface area contributed by atoms with Crippen molar-refractivity contribution in [2.75, 3.05) is 89.3 Å². The van der Waals surface area contributed by atoms with E-state index in [1.165, 1.54) is 40.5 Å². The van der Waals surface area contributed by atoms with Gasteiger partial charge >= 0.3 is 41.8 Å². The van der Waals surface area contributed by atoms with E-state index in [0.29, 0.717) is 35.8 Å². The van der Waals surface area contributed by atoms with Crippen molar-refractivity contribution in [1.82, 2.24) is 36.0 Å². The van der Waals surface area contributed by atoms with Gasteiger partial charge in [0.2, 0.25) is 11.8 Å². The first-order valence-corrected chi connectivity index (χ1v) is 22.3. The van der Waals surface area contributed by atoms with Gasteiger partial charge in [0.25, 0.3) is 0 Å². The van der Waals surface area contributed by atoms with E-state index in [-0.39, 0.29) is 63.4 Å². The van der Waals surface area contributed by atoms with Gasteiger partial charge in [-0.2, -0.15) is 0 Å². The van der Waals surface area contributed by atoms with Crippen LogP contribution in [0, 0.1) is 0 Å². The number of carboxylic acids is 6. The van der Waals surface area contributed by atoms with Crippen molar-refractivity contribution in [1.29, 1.82) is 0 Å². The quantitative estimate of drug-likeness (QED) is 0.0279. The first-order chi connectivity index (χ1) is 30.2. The van der Waals surface area contributed by atoms with Crippen molar-refractivity contribution < 1.29 is 78.6 Å². The number of anilines is 1. The molecule has 24 nitrogen and oxygen atoms in total. The van der Waals surface area contributed by atoms with Crippen LogP contribution in [0.3, 0.4) is 0 Å². The molecule has 1 rings (SSSR count). The minimum absolute atomic E-state index is 0.0217. The van der Waals surface area contributed by atoms with Crippen molar-refractivity contribution >= 4 is 86.7 Å². The molecule has 1 aromatic carbocycles. The van der Waals surface area contributed by atoms with Crippen molar-refractivity contribution in [3.8, 4) is 0 Å². The molecule has 0 aliphatic carbocycles. The van der Waals surface area contributed by atoms with E-state index >= 15 is 0 Å². The summed E-state index contributed by atoms with van der Waals surface area (Å²) in [5.41, 5.74) is 0.969. The van der Waals surface area contributed by atoms with Crippen LogP contribution in [0.5, 0.6) is 0 Å². The molecule has 0 spiro atoms. The molecule has 0 fully saturated rings. The topological polar surface area (TPSA) is 362 Å². The number of benzene rings is 1. The molecule has 0 aromatic heterocycles. The summed E-state index contributed by atoms with van der Waals surface area (Å²) in [5, 5.41) is 69.3. The number of Topliss-reactive ketones (excluding diaryl/α,β-unsaturated/α-hetero) is 1. The molecule has 0 heterocycles. The Kier molecular flexibility index (Phi) is 27.6. The molecular formula is C38H58N8O16S2. The zero-order valence-corrected chi connectivity index (χ0v) is 37.1. The molecular weight excluding hydrogens is 889 g/mol. The van der Waals surface area contributed by atoms with Crippen molar-refractivity contribution in [3.05, 3.63) is 29.8 Å². The Balaban J connectivity index is 2.68. The summed E-state index contributed by atoms with van der Waals surface area (Å²) in [7, 11) is 4.41. The number of nitrogens with zero attached hydrogens (tertiary/aromatic N) is 3. The van der Waals surface area contributed by atoms with Crippen LogP contribution < -0.4 is 26.6 Å². The second kappa shape index (κ2) is 31.3. The van der Waals surface area contributed by atoms with E-state index in [1.807, 2.05) is 0 Å². The predicted octanol–water partition coefficient (Wildman–Crippen LogP) is -1.15. The molecule has 1 aromatic rings. The lowest BCUT2D eigenvalue weighted by atomic mass is 10.0. The summed E-state index contributed by atoms with van der Waals surface area (Å²) in [6, 6.07) is 3.24. The third-order valence-electron chi connectivity index (χ3n) is 9.00. The third-order valence-corrected chi connectivity index (χ3v) is 11.4. The largest absolute Gasteiger partial charge is 0.481 e. The molecule has 26 heteroatoms.